The van der Waals surface area contributed by atoms with Crippen molar-refractivity contribution in [1.29, 1.82) is 0 Å². The zero-order valence-corrected chi connectivity index (χ0v) is 32.7. The van der Waals surface area contributed by atoms with E-state index in [9.17, 15) is 13.8 Å². The quantitative estimate of drug-likeness (QED) is 0.332. The fourth-order valence-corrected chi connectivity index (χ4v) is 11.1. The van der Waals surface area contributed by atoms with Crippen LogP contribution in [0.4, 0.5) is 5.69 Å². The van der Waals surface area contributed by atoms with E-state index < -0.39 is 21.7 Å². The van der Waals surface area contributed by atoms with Crippen molar-refractivity contribution in [2.75, 3.05) is 51.7 Å². The Morgan fingerprint density at radius 2 is 1.87 bits per heavy atom. The first-order valence-corrected chi connectivity index (χ1v) is 20.6. The fourth-order valence-electron chi connectivity index (χ4n) is 9.04. The molecule has 4 aliphatic rings. The minimum absolute atomic E-state index is 0.0143. The summed E-state index contributed by atoms with van der Waals surface area (Å²) in [5, 5.41) is 4.89. The Morgan fingerprint density at radius 3 is 2.60 bits per heavy atom. The van der Waals surface area contributed by atoms with Crippen molar-refractivity contribution in [2.45, 2.75) is 69.5 Å². The molecule has 286 valence electrons. The molecule has 2 bridgehead atoms. The average Bonchev–Trinajstić information content (AvgIpc) is 3.44. The average molecular weight is 768 g/mol. The first-order valence-electron chi connectivity index (χ1n) is 18.5. The lowest BCUT2D eigenvalue weighted by atomic mass is 9.68. The van der Waals surface area contributed by atoms with E-state index in [0.29, 0.717) is 37.2 Å². The number of carbonyl (C=O) groups excluding carboxylic acids is 2. The van der Waals surface area contributed by atoms with Crippen molar-refractivity contribution in [3.05, 3.63) is 69.9 Å². The maximum absolute atomic E-state index is 14.8. The summed E-state index contributed by atoms with van der Waals surface area (Å²) in [6, 6.07) is 11.5. The molecule has 7 atom stereocenters. The highest BCUT2D eigenvalue weighted by molar-refractivity contribution is 7.92. The van der Waals surface area contributed by atoms with Gasteiger partial charge in [-0.15, -0.1) is 9.46 Å². The predicted octanol–water partition coefficient (Wildman–Crippen LogP) is 5.99. The summed E-state index contributed by atoms with van der Waals surface area (Å²) in [5.41, 5.74) is 3.39. The van der Waals surface area contributed by atoms with Gasteiger partial charge in [0.15, 0.2) is 0 Å². The number of amides is 2. The van der Waals surface area contributed by atoms with E-state index in [4.69, 9.17) is 30.5 Å². The van der Waals surface area contributed by atoms with Gasteiger partial charge < -0.3 is 23.8 Å². The molecule has 0 radical (unpaired) electrons. The maximum atomic E-state index is 14.8. The van der Waals surface area contributed by atoms with Crippen LogP contribution in [0.15, 0.2) is 47.0 Å². The number of nitrogens with zero attached hydrogens (tertiary/aromatic N) is 4. The van der Waals surface area contributed by atoms with Gasteiger partial charge in [0.2, 0.25) is 5.88 Å². The van der Waals surface area contributed by atoms with Crippen molar-refractivity contribution in [1.82, 2.24) is 14.5 Å². The second-order valence-electron chi connectivity index (χ2n) is 15.3. The molecule has 2 aliphatic heterocycles. The van der Waals surface area contributed by atoms with Crippen LogP contribution in [0.3, 0.4) is 0 Å². The molecule has 12 nitrogen and oxygen atoms in total. The van der Waals surface area contributed by atoms with E-state index in [0.717, 1.165) is 55.8 Å². The molecule has 2 aromatic carbocycles. The topological polar surface area (TPSA) is 134 Å². The lowest BCUT2D eigenvalue weighted by Crippen LogP contribution is -2.50. The molecule has 3 heterocycles. The molecule has 2 amide bonds. The zero-order chi connectivity index (χ0) is 37.5. The summed E-state index contributed by atoms with van der Waals surface area (Å²) >= 11 is 6.47. The number of halogens is 1. The lowest BCUT2D eigenvalue weighted by molar-refractivity contribution is -0.0341. The minimum Gasteiger partial charge on any atom is -0.490 e. The van der Waals surface area contributed by atoms with E-state index in [1.165, 1.54) is 29.1 Å². The van der Waals surface area contributed by atoms with E-state index in [1.54, 1.807) is 27.3 Å². The van der Waals surface area contributed by atoms with Gasteiger partial charge in [0.1, 0.15) is 21.2 Å². The lowest BCUT2D eigenvalue weighted by Gasteiger charge is -2.46. The zero-order valence-electron chi connectivity index (χ0n) is 31.1. The van der Waals surface area contributed by atoms with Crippen LogP contribution in [0, 0.1) is 17.8 Å². The fraction of sp³-hybridized carbons (Fsp3) is 0.564. The van der Waals surface area contributed by atoms with Crippen LogP contribution in [-0.4, -0.2) is 84.8 Å². The first kappa shape index (κ1) is 37.7. The molecule has 2 aliphatic carbocycles. The summed E-state index contributed by atoms with van der Waals surface area (Å²) < 4.78 is 47.2. The van der Waals surface area contributed by atoms with Gasteiger partial charge in [-0.25, -0.2) is 4.21 Å². The number of rotatable bonds is 5. The second-order valence-corrected chi connectivity index (χ2v) is 17.7. The maximum Gasteiger partial charge on any atom is 0.286 e. The Bertz CT molecular complexity index is 2000. The van der Waals surface area contributed by atoms with Gasteiger partial charge in [0.05, 0.1) is 37.4 Å². The van der Waals surface area contributed by atoms with Crippen LogP contribution in [0.1, 0.15) is 77.3 Å². The molecule has 1 N–H and O–H groups in total. The van der Waals surface area contributed by atoms with Gasteiger partial charge in [0, 0.05) is 56.6 Å². The molecule has 1 fully saturated rings. The summed E-state index contributed by atoms with van der Waals surface area (Å²) in [6.45, 7) is 3.87. The number of fused-ring (bicyclic) bond motifs is 4. The summed E-state index contributed by atoms with van der Waals surface area (Å²) in [5.74, 6) is -0.351. The number of ether oxygens (including phenoxy) is 4. The Labute approximate surface area is 317 Å². The highest BCUT2D eigenvalue weighted by atomic mass is 35.5. The normalized spacial score (nSPS) is 30.2. The first-order chi connectivity index (χ1) is 25.4. The molecular weight excluding hydrogens is 718 g/mol. The van der Waals surface area contributed by atoms with Gasteiger partial charge in [-0.1, -0.05) is 24.6 Å². The Balaban J connectivity index is 1.31. The number of aryl methyl sites for hydroxylation is 2. The Kier molecular flexibility index (Phi) is 10.8. The highest BCUT2D eigenvalue weighted by Gasteiger charge is 2.45. The molecule has 53 heavy (non-hydrogen) atoms. The van der Waals surface area contributed by atoms with Crippen molar-refractivity contribution >= 4 is 39.0 Å². The molecule has 1 aromatic heterocycles. The number of anilines is 1. The van der Waals surface area contributed by atoms with Crippen LogP contribution < -0.4 is 19.1 Å². The van der Waals surface area contributed by atoms with Crippen molar-refractivity contribution < 1.29 is 32.7 Å². The van der Waals surface area contributed by atoms with E-state index in [1.807, 2.05) is 25.1 Å². The summed E-state index contributed by atoms with van der Waals surface area (Å²) in [7, 11) is 2.79. The molecule has 1 saturated carbocycles. The van der Waals surface area contributed by atoms with Crippen molar-refractivity contribution in [2.24, 2.45) is 29.2 Å². The molecular formula is C39H50ClN5O7S. The number of hydrogen-bond donors (Lipinski definition) is 1. The number of carbonyl (C=O) groups is 2. The molecule has 14 heteroatoms. The van der Waals surface area contributed by atoms with Gasteiger partial charge in [-0.2, -0.15) is 0 Å². The van der Waals surface area contributed by atoms with Gasteiger partial charge >= 0.3 is 0 Å². The van der Waals surface area contributed by atoms with E-state index in [2.05, 4.69) is 31.2 Å². The van der Waals surface area contributed by atoms with Crippen LogP contribution in [0.5, 0.6) is 11.6 Å². The van der Waals surface area contributed by atoms with Crippen molar-refractivity contribution in [3.8, 4) is 11.6 Å². The monoisotopic (exact) mass is 767 g/mol. The third-order valence-corrected chi connectivity index (χ3v) is 14.1. The van der Waals surface area contributed by atoms with Gasteiger partial charge in [-0.3, -0.25) is 19.0 Å². The number of hydrogen-bond acceptors (Lipinski definition) is 9. The van der Waals surface area contributed by atoms with Gasteiger partial charge in [0.25, 0.3) is 11.8 Å². The minimum atomic E-state index is -3.68. The number of aromatic nitrogens is 2. The Hall–Kier alpha value is -3.65. The second kappa shape index (κ2) is 15.2. The van der Waals surface area contributed by atoms with Crippen LogP contribution in [-0.2, 0) is 38.3 Å². The van der Waals surface area contributed by atoms with E-state index >= 15 is 0 Å². The van der Waals surface area contributed by atoms with Crippen molar-refractivity contribution in [3.63, 3.8) is 0 Å². The predicted molar refractivity (Wildman–Crippen MR) is 203 cm³/mol. The SMILES string of the molecule is COc1nn(C)cc1C(=O)N[S@@]1(=O)=NC(=O)c2ccc3c(c2)N(C[C@@H]2CC[C@H]2[C@@H](OC)CC[C@H](OC)[C@H](C)C1)C[C@@]1(CCCc2cc(Cl)ccc21)CO3. The van der Waals surface area contributed by atoms with Crippen LogP contribution >= 0.6 is 11.6 Å². The number of methoxy groups -OCH3 is 3. The Morgan fingerprint density at radius 1 is 1.08 bits per heavy atom. The summed E-state index contributed by atoms with van der Waals surface area (Å²) in [4.78, 5) is 30.2. The smallest absolute Gasteiger partial charge is 0.286 e. The van der Waals surface area contributed by atoms with Crippen LogP contribution in [0.25, 0.3) is 0 Å². The van der Waals surface area contributed by atoms with E-state index in [-0.39, 0.29) is 46.3 Å². The van der Waals surface area contributed by atoms with Gasteiger partial charge in [-0.05, 0) is 104 Å². The molecule has 0 saturated heterocycles. The standard InChI is InChI=1S/C39H50ClN5O7S/c1-24-21-53(48,43-37(47)30-20-44(2)41-38(30)51-5)42-36(46)26-9-13-35-32(18-26)45(19-27-8-11-29(27)34(50-4)15-14-33(24)49-3)22-39(23-52-35)16-6-7-25-17-28(40)10-12-31(25)39/h9-10,12-13,17-18,20,24,27,29,33-34H,6-8,11,14-16,19,21-23H2,1-5H3,(H,42,43,46,47,48)/t24-,27+,29-,33+,34+,39+,53+/m1/s1. The highest BCUT2D eigenvalue weighted by Crippen LogP contribution is 2.47. The molecule has 1 spiro atoms. The summed E-state index contributed by atoms with van der Waals surface area (Å²) in [6.07, 6.45) is 7.66. The number of benzene rings is 2. The molecule has 3 aromatic rings. The molecule has 0 unspecified atom stereocenters. The largest absolute Gasteiger partial charge is 0.490 e. The third kappa shape index (κ3) is 7.54. The number of nitrogens with one attached hydrogen (secondary N) is 1. The third-order valence-electron chi connectivity index (χ3n) is 11.9. The van der Waals surface area contributed by atoms with Crippen LogP contribution in [0.2, 0.25) is 5.02 Å². The molecule has 7 rings (SSSR count).